The van der Waals surface area contributed by atoms with Gasteiger partial charge >= 0.3 is 0 Å². The van der Waals surface area contributed by atoms with E-state index in [1.807, 2.05) is 0 Å². The Morgan fingerprint density at radius 3 is 2.85 bits per heavy atom. The molecule has 1 atom stereocenters. The number of rotatable bonds is 3. The van der Waals surface area contributed by atoms with E-state index >= 15 is 0 Å². The predicted molar refractivity (Wildman–Crippen MR) is 54.2 cm³/mol. The molecule has 0 saturated carbocycles. The quantitative estimate of drug-likeness (QED) is 0.490. The van der Waals surface area contributed by atoms with Crippen molar-refractivity contribution in [3.63, 3.8) is 0 Å². The van der Waals surface area contributed by atoms with E-state index in [2.05, 4.69) is 37.0 Å². The molecule has 0 saturated heterocycles. The molecule has 0 aromatic heterocycles. The highest BCUT2D eigenvalue weighted by Gasteiger charge is 2.19. The van der Waals surface area contributed by atoms with Crippen LogP contribution in [0.25, 0.3) is 0 Å². The number of hydrogen-bond acceptors (Lipinski definition) is 2. The molecule has 0 aromatic rings. The Morgan fingerprint density at radius 2 is 2.38 bits per heavy atom. The van der Waals surface area contributed by atoms with E-state index in [1.165, 1.54) is 19.3 Å². The van der Waals surface area contributed by atoms with E-state index in [0.29, 0.717) is 18.6 Å². The molecule has 2 heteroatoms. The first-order valence-electron chi connectivity index (χ1n) is 5.05. The van der Waals surface area contributed by atoms with Crippen molar-refractivity contribution in [2.45, 2.75) is 45.2 Å². The first kappa shape index (κ1) is 10.3. The average Bonchev–Trinajstić information content (AvgIpc) is 2.15. The average molecular weight is 178 g/mol. The summed E-state index contributed by atoms with van der Waals surface area (Å²) in [5.74, 6) is 0. The smallest absolute Gasteiger partial charge is 0.0873 e. The number of nitrogens with zero attached hydrogens (tertiary/aromatic N) is 2. The van der Waals surface area contributed by atoms with Gasteiger partial charge in [0.05, 0.1) is 12.6 Å². The lowest BCUT2D eigenvalue weighted by Crippen LogP contribution is -2.40. The van der Waals surface area contributed by atoms with Gasteiger partial charge in [0.15, 0.2) is 0 Å². The Labute approximate surface area is 80.8 Å². The fourth-order valence-electron chi connectivity index (χ4n) is 1.84. The van der Waals surface area contributed by atoms with Crippen LogP contribution < -0.4 is 0 Å². The first-order valence-corrected chi connectivity index (χ1v) is 5.05. The number of allylic oxidation sites excluding steroid dienone is 1. The van der Waals surface area contributed by atoms with E-state index in [4.69, 9.17) is 5.26 Å². The molecule has 1 aliphatic rings. The van der Waals surface area contributed by atoms with Crippen molar-refractivity contribution >= 4 is 0 Å². The van der Waals surface area contributed by atoms with E-state index in [1.54, 1.807) is 0 Å². The maximum atomic E-state index is 8.70. The summed E-state index contributed by atoms with van der Waals surface area (Å²) < 4.78 is 0. The Kier molecular flexibility index (Phi) is 3.98. The molecule has 0 aliphatic heterocycles. The van der Waals surface area contributed by atoms with Gasteiger partial charge in [-0.2, -0.15) is 5.26 Å². The highest BCUT2D eigenvalue weighted by atomic mass is 15.2. The van der Waals surface area contributed by atoms with E-state index < -0.39 is 0 Å². The summed E-state index contributed by atoms with van der Waals surface area (Å²) in [6.07, 6.45) is 8.16. The second-order valence-electron chi connectivity index (χ2n) is 3.85. The normalized spacial score (nSPS) is 22.2. The SMILES string of the molecule is CC(C)N(CC#N)C1C=CCCC1. The molecule has 0 spiro atoms. The van der Waals surface area contributed by atoms with Crippen molar-refractivity contribution in [3.05, 3.63) is 12.2 Å². The number of nitriles is 1. The lowest BCUT2D eigenvalue weighted by Gasteiger charge is -2.32. The van der Waals surface area contributed by atoms with Crippen LogP contribution in [0, 0.1) is 11.3 Å². The summed E-state index contributed by atoms with van der Waals surface area (Å²) in [6.45, 7) is 4.85. The molecule has 13 heavy (non-hydrogen) atoms. The zero-order valence-electron chi connectivity index (χ0n) is 8.53. The summed E-state index contributed by atoms with van der Waals surface area (Å²) in [6, 6.07) is 3.20. The molecular weight excluding hydrogens is 160 g/mol. The van der Waals surface area contributed by atoms with E-state index in [0.717, 1.165) is 0 Å². The van der Waals surface area contributed by atoms with Crippen LogP contribution in [0.2, 0.25) is 0 Å². The molecule has 0 aromatic carbocycles. The summed E-state index contributed by atoms with van der Waals surface area (Å²) in [5.41, 5.74) is 0. The lowest BCUT2D eigenvalue weighted by molar-refractivity contribution is 0.192. The minimum Gasteiger partial charge on any atom is -0.282 e. The van der Waals surface area contributed by atoms with Gasteiger partial charge in [-0.15, -0.1) is 0 Å². The third-order valence-corrected chi connectivity index (χ3v) is 2.57. The number of hydrogen-bond donors (Lipinski definition) is 0. The van der Waals surface area contributed by atoms with Crippen molar-refractivity contribution in [2.75, 3.05) is 6.54 Å². The van der Waals surface area contributed by atoms with Gasteiger partial charge in [0.25, 0.3) is 0 Å². The minimum absolute atomic E-state index is 0.465. The maximum absolute atomic E-state index is 8.70. The van der Waals surface area contributed by atoms with E-state index in [-0.39, 0.29) is 0 Å². The van der Waals surface area contributed by atoms with Crippen LogP contribution in [-0.2, 0) is 0 Å². The van der Waals surface area contributed by atoms with Gasteiger partial charge < -0.3 is 0 Å². The highest BCUT2D eigenvalue weighted by molar-refractivity contribution is 5.00. The van der Waals surface area contributed by atoms with Gasteiger partial charge in [0.1, 0.15) is 0 Å². The van der Waals surface area contributed by atoms with Crippen molar-refractivity contribution in [1.82, 2.24) is 4.90 Å². The third-order valence-electron chi connectivity index (χ3n) is 2.57. The molecule has 72 valence electrons. The van der Waals surface area contributed by atoms with Crippen molar-refractivity contribution in [3.8, 4) is 6.07 Å². The van der Waals surface area contributed by atoms with Crippen LogP contribution in [0.3, 0.4) is 0 Å². The molecule has 1 aliphatic carbocycles. The van der Waals surface area contributed by atoms with Gasteiger partial charge in [-0.1, -0.05) is 12.2 Å². The Balaban J connectivity index is 2.58. The van der Waals surface area contributed by atoms with Crippen LogP contribution >= 0.6 is 0 Å². The van der Waals surface area contributed by atoms with Crippen LogP contribution in [0.5, 0.6) is 0 Å². The van der Waals surface area contributed by atoms with Crippen LogP contribution in [0.4, 0.5) is 0 Å². The molecule has 1 unspecified atom stereocenters. The summed E-state index contributed by atoms with van der Waals surface area (Å²) >= 11 is 0. The topological polar surface area (TPSA) is 27.0 Å². The standard InChI is InChI=1S/C11H18N2/c1-10(2)13(9-8-12)11-6-4-3-5-7-11/h4,6,10-11H,3,5,7,9H2,1-2H3. The molecular formula is C11H18N2. The van der Waals surface area contributed by atoms with Gasteiger partial charge in [0, 0.05) is 12.1 Å². The summed E-state index contributed by atoms with van der Waals surface area (Å²) in [5, 5.41) is 8.70. The van der Waals surface area contributed by atoms with Gasteiger partial charge in [-0.05, 0) is 33.1 Å². The molecule has 0 fully saturated rings. The Bertz CT molecular complexity index is 213. The summed E-state index contributed by atoms with van der Waals surface area (Å²) in [4.78, 5) is 2.26. The maximum Gasteiger partial charge on any atom is 0.0873 e. The first-order chi connectivity index (χ1) is 6.25. The summed E-state index contributed by atoms with van der Waals surface area (Å²) in [7, 11) is 0. The molecule has 0 amide bonds. The Morgan fingerprint density at radius 1 is 1.62 bits per heavy atom. The van der Waals surface area contributed by atoms with Gasteiger partial charge in [-0.25, -0.2) is 0 Å². The molecule has 2 nitrogen and oxygen atoms in total. The molecule has 0 bridgehead atoms. The van der Waals surface area contributed by atoms with Gasteiger partial charge in [-0.3, -0.25) is 4.90 Å². The van der Waals surface area contributed by atoms with Crippen LogP contribution in [0.1, 0.15) is 33.1 Å². The molecule has 0 N–H and O–H groups in total. The van der Waals surface area contributed by atoms with Crippen molar-refractivity contribution in [2.24, 2.45) is 0 Å². The zero-order valence-corrected chi connectivity index (χ0v) is 8.53. The second kappa shape index (κ2) is 5.04. The molecule has 0 heterocycles. The monoisotopic (exact) mass is 178 g/mol. The molecule has 1 rings (SSSR count). The fraction of sp³-hybridized carbons (Fsp3) is 0.727. The largest absolute Gasteiger partial charge is 0.282 e. The third kappa shape index (κ3) is 2.86. The Hall–Kier alpha value is -0.810. The van der Waals surface area contributed by atoms with Crippen molar-refractivity contribution in [1.29, 1.82) is 5.26 Å². The second-order valence-corrected chi connectivity index (χ2v) is 3.85. The van der Waals surface area contributed by atoms with Crippen LogP contribution in [0.15, 0.2) is 12.2 Å². The molecule has 0 radical (unpaired) electrons. The zero-order chi connectivity index (χ0) is 9.68. The fourth-order valence-corrected chi connectivity index (χ4v) is 1.84. The predicted octanol–water partition coefficient (Wildman–Crippen LogP) is 2.33. The van der Waals surface area contributed by atoms with Crippen molar-refractivity contribution < 1.29 is 0 Å². The highest BCUT2D eigenvalue weighted by Crippen LogP contribution is 2.18. The van der Waals surface area contributed by atoms with E-state index in [9.17, 15) is 0 Å². The lowest BCUT2D eigenvalue weighted by atomic mass is 10.0. The minimum atomic E-state index is 0.465. The van der Waals surface area contributed by atoms with Crippen LogP contribution in [-0.4, -0.2) is 23.5 Å². The van der Waals surface area contributed by atoms with Gasteiger partial charge in [0.2, 0.25) is 0 Å².